The van der Waals surface area contributed by atoms with Crippen LogP contribution in [0.3, 0.4) is 0 Å². The molecule has 4 rings (SSSR count). The summed E-state index contributed by atoms with van der Waals surface area (Å²) in [5.74, 6) is -0.581. The monoisotopic (exact) mass is 382 g/mol. The van der Waals surface area contributed by atoms with Gasteiger partial charge >= 0.3 is 5.97 Å². The lowest BCUT2D eigenvalue weighted by molar-refractivity contribution is -0.141. The van der Waals surface area contributed by atoms with Crippen LogP contribution in [-0.2, 0) is 16.0 Å². The highest BCUT2D eigenvalue weighted by atomic mass is 35.5. The molecule has 2 atom stereocenters. The Morgan fingerprint density at radius 3 is 2.85 bits per heavy atom. The van der Waals surface area contributed by atoms with E-state index in [1.807, 2.05) is 36.4 Å². The number of hydrogen-bond donors (Lipinski definition) is 2. The van der Waals surface area contributed by atoms with Crippen molar-refractivity contribution in [3.05, 3.63) is 70.4 Å². The van der Waals surface area contributed by atoms with Gasteiger partial charge in [-0.15, -0.1) is 0 Å². The number of halogens is 1. The van der Waals surface area contributed by atoms with Gasteiger partial charge in [-0.1, -0.05) is 35.9 Å². The molecule has 27 heavy (non-hydrogen) atoms. The van der Waals surface area contributed by atoms with Gasteiger partial charge in [0.25, 0.3) is 5.91 Å². The van der Waals surface area contributed by atoms with E-state index in [-0.39, 0.29) is 30.3 Å². The average molecular weight is 383 g/mol. The van der Waals surface area contributed by atoms with Crippen LogP contribution < -0.4 is 5.32 Å². The molecule has 0 saturated heterocycles. The molecule has 2 N–H and O–H groups in total. The topological polar surface area (TPSA) is 71.2 Å². The molecule has 0 aliphatic heterocycles. The molecule has 1 aromatic heterocycles. The number of amides is 1. The highest BCUT2D eigenvalue weighted by Crippen LogP contribution is 2.36. The van der Waals surface area contributed by atoms with Crippen LogP contribution in [0.1, 0.15) is 34.0 Å². The maximum Gasteiger partial charge on any atom is 0.306 e. The second-order valence-corrected chi connectivity index (χ2v) is 7.22. The van der Waals surface area contributed by atoms with E-state index in [0.29, 0.717) is 17.1 Å². The highest BCUT2D eigenvalue weighted by molar-refractivity contribution is 6.31. The van der Waals surface area contributed by atoms with Crippen LogP contribution in [0.4, 0.5) is 0 Å². The van der Waals surface area contributed by atoms with Gasteiger partial charge in [0.1, 0.15) is 5.69 Å². The molecular weight excluding hydrogens is 364 g/mol. The van der Waals surface area contributed by atoms with Gasteiger partial charge in [0.05, 0.1) is 13.5 Å². The number of carbonyl (C=O) groups excluding carboxylic acids is 2. The molecule has 0 radical (unpaired) electrons. The van der Waals surface area contributed by atoms with Crippen LogP contribution in [-0.4, -0.2) is 30.0 Å². The number of rotatable bonds is 4. The number of benzene rings is 2. The van der Waals surface area contributed by atoms with Crippen molar-refractivity contribution in [1.82, 2.24) is 10.3 Å². The summed E-state index contributed by atoms with van der Waals surface area (Å²) < 4.78 is 4.85. The molecule has 0 unspecified atom stereocenters. The highest BCUT2D eigenvalue weighted by Gasteiger charge is 2.35. The number of aromatic nitrogens is 1. The van der Waals surface area contributed by atoms with Crippen LogP contribution in [0.5, 0.6) is 0 Å². The number of methoxy groups -OCH3 is 1. The van der Waals surface area contributed by atoms with E-state index in [1.165, 1.54) is 7.11 Å². The SMILES string of the molecule is COC(=O)C[C@@H]1c2ccccc2C[C@H]1NC(=O)c1cc2cc(Cl)ccc2[nH]1. The van der Waals surface area contributed by atoms with E-state index in [0.717, 1.165) is 22.0 Å². The van der Waals surface area contributed by atoms with Crippen LogP contribution in [0.15, 0.2) is 48.5 Å². The molecule has 1 aliphatic rings. The normalized spacial score (nSPS) is 18.3. The van der Waals surface area contributed by atoms with E-state index in [4.69, 9.17) is 16.3 Å². The molecule has 138 valence electrons. The minimum atomic E-state index is -0.281. The number of nitrogens with one attached hydrogen (secondary N) is 2. The number of aromatic amines is 1. The average Bonchev–Trinajstić information content (AvgIpc) is 3.23. The summed E-state index contributed by atoms with van der Waals surface area (Å²) in [4.78, 5) is 27.8. The second kappa shape index (κ2) is 7.08. The molecular formula is C21H19ClN2O3. The van der Waals surface area contributed by atoms with Gasteiger partial charge in [-0.2, -0.15) is 0 Å². The molecule has 3 aromatic rings. The second-order valence-electron chi connectivity index (χ2n) is 6.78. The minimum absolute atomic E-state index is 0.101. The molecule has 1 aliphatic carbocycles. The molecule has 0 spiro atoms. The van der Waals surface area contributed by atoms with E-state index >= 15 is 0 Å². The number of hydrogen-bond acceptors (Lipinski definition) is 3. The van der Waals surface area contributed by atoms with Crippen molar-refractivity contribution in [3.8, 4) is 0 Å². The van der Waals surface area contributed by atoms with Gasteiger partial charge in [0, 0.05) is 27.9 Å². The van der Waals surface area contributed by atoms with Crippen molar-refractivity contribution in [2.75, 3.05) is 7.11 Å². The largest absolute Gasteiger partial charge is 0.469 e. The first kappa shape index (κ1) is 17.6. The Morgan fingerprint density at radius 2 is 2.04 bits per heavy atom. The summed E-state index contributed by atoms with van der Waals surface area (Å²) in [6.07, 6.45) is 0.927. The Balaban J connectivity index is 1.58. The van der Waals surface area contributed by atoms with E-state index in [2.05, 4.69) is 10.3 Å². The predicted molar refractivity (Wildman–Crippen MR) is 104 cm³/mol. The molecule has 1 amide bonds. The number of fused-ring (bicyclic) bond motifs is 2. The quantitative estimate of drug-likeness (QED) is 0.674. The van der Waals surface area contributed by atoms with Crippen molar-refractivity contribution >= 4 is 34.4 Å². The zero-order valence-electron chi connectivity index (χ0n) is 14.8. The van der Waals surface area contributed by atoms with Crippen LogP contribution in [0.25, 0.3) is 10.9 Å². The summed E-state index contributed by atoms with van der Waals surface area (Å²) in [5.41, 5.74) is 3.57. The summed E-state index contributed by atoms with van der Waals surface area (Å²) in [6, 6.07) is 15.0. The lowest BCUT2D eigenvalue weighted by Gasteiger charge is -2.20. The lowest BCUT2D eigenvalue weighted by atomic mass is 9.94. The van der Waals surface area contributed by atoms with E-state index < -0.39 is 0 Å². The van der Waals surface area contributed by atoms with Crippen LogP contribution >= 0.6 is 11.6 Å². The van der Waals surface area contributed by atoms with E-state index in [1.54, 1.807) is 12.1 Å². The fourth-order valence-electron chi connectivity index (χ4n) is 3.82. The fourth-order valence-corrected chi connectivity index (χ4v) is 4.00. The fraction of sp³-hybridized carbons (Fsp3) is 0.238. The van der Waals surface area contributed by atoms with Gasteiger partial charge < -0.3 is 15.0 Å². The number of H-pyrrole nitrogens is 1. The first-order chi connectivity index (χ1) is 13.0. The van der Waals surface area contributed by atoms with Gasteiger partial charge in [0.15, 0.2) is 0 Å². The number of ether oxygens (including phenoxy) is 1. The van der Waals surface area contributed by atoms with Gasteiger partial charge in [-0.05, 0) is 41.8 Å². The molecule has 0 saturated carbocycles. The van der Waals surface area contributed by atoms with Crippen molar-refractivity contribution in [3.63, 3.8) is 0 Å². The van der Waals surface area contributed by atoms with Gasteiger partial charge in [-0.25, -0.2) is 0 Å². The zero-order chi connectivity index (χ0) is 19.0. The Morgan fingerprint density at radius 1 is 1.22 bits per heavy atom. The van der Waals surface area contributed by atoms with Gasteiger partial charge in [0.2, 0.25) is 0 Å². The molecule has 6 heteroatoms. The first-order valence-corrected chi connectivity index (χ1v) is 9.16. The van der Waals surface area contributed by atoms with Crippen molar-refractivity contribution in [2.24, 2.45) is 0 Å². The molecule has 0 fully saturated rings. The minimum Gasteiger partial charge on any atom is -0.469 e. The third-order valence-corrected chi connectivity index (χ3v) is 5.37. The Bertz CT molecular complexity index is 1030. The van der Waals surface area contributed by atoms with Crippen LogP contribution in [0.2, 0.25) is 5.02 Å². The summed E-state index contributed by atoms with van der Waals surface area (Å²) >= 11 is 6.02. The van der Waals surface area contributed by atoms with Gasteiger partial charge in [-0.3, -0.25) is 9.59 Å². The predicted octanol–water partition coefficient (Wildman–Crippen LogP) is 3.82. The molecule has 0 bridgehead atoms. The Hall–Kier alpha value is -2.79. The Kier molecular flexibility index (Phi) is 4.62. The standard InChI is InChI=1S/C21H19ClN2O3/c1-27-20(25)11-16-15-5-3-2-4-12(15)9-18(16)24-21(26)19-10-13-8-14(22)6-7-17(13)23-19/h2-8,10,16,18,23H,9,11H2,1H3,(H,24,26)/t16-,18-/m1/s1. The maximum absolute atomic E-state index is 12.8. The first-order valence-electron chi connectivity index (χ1n) is 8.79. The van der Waals surface area contributed by atoms with E-state index in [9.17, 15) is 9.59 Å². The third kappa shape index (κ3) is 3.43. The summed E-state index contributed by atoms with van der Waals surface area (Å²) in [5, 5.41) is 4.59. The number of carbonyl (C=O) groups is 2. The Labute approximate surface area is 161 Å². The lowest BCUT2D eigenvalue weighted by Crippen LogP contribution is -2.38. The third-order valence-electron chi connectivity index (χ3n) is 5.14. The van der Waals surface area contributed by atoms with Crippen molar-refractivity contribution in [1.29, 1.82) is 0 Å². The maximum atomic E-state index is 12.8. The molecule has 1 heterocycles. The zero-order valence-corrected chi connectivity index (χ0v) is 15.5. The molecule has 5 nitrogen and oxygen atoms in total. The summed E-state index contributed by atoms with van der Waals surface area (Å²) in [7, 11) is 1.38. The van der Waals surface area contributed by atoms with Crippen molar-refractivity contribution in [2.45, 2.75) is 24.8 Å². The number of esters is 1. The smallest absolute Gasteiger partial charge is 0.306 e. The summed E-state index contributed by atoms with van der Waals surface area (Å²) in [6.45, 7) is 0. The van der Waals surface area contributed by atoms with Crippen LogP contribution in [0, 0.1) is 0 Å². The molecule has 2 aromatic carbocycles. The van der Waals surface area contributed by atoms with Crippen molar-refractivity contribution < 1.29 is 14.3 Å².